The van der Waals surface area contributed by atoms with Crippen molar-refractivity contribution in [2.75, 3.05) is 33.1 Å². The number of nitrogens with zero attached hydrogens (tertiary/aromatic N) is 2. The molecule has 0 spiro atoms. The average molecular weight is 594 g/mol. The van der Waals surface area contributed by atoms with Crippen molar-refractivity contribution in [3.63, 3.8) is 0 Å². The number of sulfonamides is 1. The van der Waals surface area contributed by atoms with E-state index in [1.807, 2.05) is 18.7 Å². The van der Waals surface area contributed by atoms with Crippen molar-refractivity contribution in [2.45, 2.75) is 44.3 Å². The molecule has 0 aromatic heterocycles. The topological polar surface area (TPSA) is 155 Å². The van der Waals surface area contributed by atoms with Crippen LogP contribution in [0.2, 0.25) is 0 Å². The quantitative estimate of drug-likeness (QED) is 0.432. The number of rotatable bonds is 9. The Morgan fingerprint density at radius 2 is 1.93 bits per heavy atom. The first-order valence-electron chi connectivity index (χ1n) is 12.9. The van der Waals surface area contributed by atoms with Gasteiger partial charge in [0.1, 0.15) is 11.6 Å². The van der Waals surface area contributed by atoms with Crippen molar-refractivity contribution in [3.05, 3.63) is 53.1 Å². The smallest absolute Gasteiger partial charge is 0.306 e. The van der Waals surface area contributed by atoms with Gasteiger partial charge in [-0.2, -0.15) is 8.42 Å². The first kappa shape index (κ1) is 29.7. The molecule has 1 atom stereocenters. The van der Waals surface area contributed by atoms with Gasteiger partial charge in [0.25, 0.3) is 10.0 Å². The van der Waals surface area contributed by atoms with Crippen LogP contribution >= 0.6 is 0 Å². The highest BCUT2D eigenvalue weighted by Crippen LogP contribution is 2.36. The van der Waals surface area contributed by atoms with Crippen molar-refractivity contribution in [1.29, 1.82) is 0 Å². The SMILES string of the molecule is COc1ccc(C(C)(C)CC(=O)N2CCC[C@H](COc3cccc4c3C(N)=NS(=O)(=O)C4)C2)cc1OS(C)(=O)=O. The molecule has 13 heteroatoms. The van der Waals surface area contributed by atoms with Gasteiger partial charge in [-0.25, -0.2) is 8.42 Å². The maximum absolute atomic E-state index is 13.4. The van der Waals surface area contributed by atoms with E-state index < -0.39 is 25.6 Å². The third-order valence-corrected chi connectivity index (χ3v) is 8.70. The molecule has 0 unspecified atom stereocenters. The van der Waals surface area contributed by atoms with E-state index in [0.29, 0.717) is 36.6 Å². The first-order valence-corrected chi connectivity index (χ1v) is 16.3. The van der Waals surface area contributed by atoms with Crippen LogP contribution in [0.15, 0.2) is 40.8 Å². The molecule has 11 nitrogen and oxygen atoms in total. The summed E-state index contributed by atoms with van der Waals surface area (Å²) >= 11 is 0. The van der Waals surface area contributed by atoms with Gasteiger partial charge in [0.2, 0.25) is 5.91 Å². The number of amidine groups is 1. The number of carbonyl (C=O) groups is 1. The summed E-state index contributed by atoms with van der Waals surface area (Å²) in [5.41, 5.74) is 7.14. The van der Waals surface area contributed by atoms with Crippen molar-refractivity contribution >= 4 is 31.9 Å². The molecule has 0 radical (unpaired) electrons. The number of methoxy groups -OCH3 is 1. The lowest BCUT2D eigenvalue weighted by Gasteiger charge is -2.35. The van der Waals surface area contributed by atoms with Crippen LogP contribution in [0.25, 0.3) is 0 Å². The predicted octanol–water partition coefficient (Wildman–Crippen LogP) is 2.57. The van der Waals surface area contributed by atoms with E-state index in [2.05, 4.69) is 4.40 Å². The molecule has 2 aromatic carbocycles. The molecule has 218 valence electrons. The van der Waals surface area contributed by atoms with Gasteiger partial charge in [-0.1, -0.05) is 32.0 Å². The Morgan fingerprint density at radius 3 is 2.62 bits per heavy atom. The van der Waals surface area contributed by atoms with Crippen LogP contribution in [0.4, 0.5) is 0 Å². The lowest BCUT2D eigenvalue weighted by molar-refractivity contribution is -0.134. The number of benzene rings is 2. The van der Waals surface area contributed by atoms with Crippen molar-refractivity contribution < 1.29 is 35.3 Å². The number of piperidine rings is 1. The predicted molar refractivity (Wildman–Crippen MR) is 151 cm³/mol. The number of nitrogens with two attached hydrogens (primary N) is 1. The normalized spacial score (nSPS) is 18.9. The van der Waals surface area contributed by atoms with Gasteiger partial charge in [-0.15, -0.1) is 4.40 Å². The van der Waals surface area contributed by atoms with Crippen molar-refractivity contribution in [3.8, 4) is 17.2 Å². The number of likely N-dealkylation sites (tertiary alicyclic amines) is 1. The summed E-state index contributed by atoms with van der Waals surface area (Å²) in [5, 5.41) is 0. The van der Waals surface area contributed by atoms with Gasteiger partial charge in [0.15, 0.2) is 11.5 Å². The zero-order valence-corrected chi connectivity index (χ0v) is 24.7. The average Bonchev–Trinajstić information content (AvgIpc) is 2.85. The largest absolute Gasteiger partial charge is 0.493 e. The van der Waals surface area contributed by atoms with Crippen molar-refractivity contribution in [2.24, 2.45) is 16.0 Å². The standard InChI is InChI=1S/C27H35N3O8S2/c1-27(2,20-10-11-21(36-3)23(13-20)38-39(4,32)33)14-24(31)30-12-6-7-18(15-30)16-37-22-9-5-8-19-17-40(34,35)29-26(28)25(19)22/h5,8-11,13,18H,6-7,12,14-17H2,1-4H3,(H2,28,29)/t18-/m0/s1. The highest BCUT2D eigenvalue weighted by atomic mass is 32.2. The Bertz CT molecular complexity index is 1530. The Morgan fingerprint density at radius 1 is 1.18 bits per heavy atom. The molecule has 4 rings (SSSR count). The minimum Gasteiger partial charge on any atom is -0.493 e. The van der Waals surface area contributed by atoms with Crippen LogP contribution in [0.3, 0.4) is 0 Å². The monoisotopic (exact) mass is 593 g/mol. The second-order valence-corrected chi connectivity index (χ2v) is 14.1. The maximum atomic E-state index is 13.4. The van der Waals surface area contributed by atoms with Crippen LogP contribution in [-0.4, -0.2) is 66.5 Å². The molecule has 2 N–H and O–H groups in total. The van der Waals surface area contributed by atoms with Gasteiger partial charge >= 0.3 is 10.1 Å². The summed E-state index contributed by atoms with van der Waals surface area (Å²) in [6, 6.07) is 10.2. The molecule has 2 heterocycles. The number of carbonyl (C=O) groups excluding carboxylic acids is 1. The summed E-state index contributed by atoms with van der Waals surface area (Å²) < 4.78 is 67.4. The molecule has 0 aliphatic carbocycles. The van der Waals surface area contributed by atoms with Crippen LogP contribution < -0.4 is 19.4 Å². The number of amides is 1. The molecule has 2 aromatic rings. The van der Waals surface area contributed by atoms with Gasteiger partial charge in [0.05, 0.1) is 31.3 Å². The summed E-state index contributed by atoms with van der Waals surface area (Å²) in [5.74, 6) is 0.590. The highest BCUT2D eigenvalue weighted by Gasteiger charge is 2.32. The minimum absolute atomic E-state index is 0.0187. The fraction of sp³-hybridized carbons (Fsp3) is 0.481. The highest BCUT2D eigenvalue weighted by molar-refractivity contribution is 7.89. The molecule has 1 fully saturated rings. The van der Waals surface area contributed by atoms with E-state index in [1.165, 1.54) is 7.11 Å². The van der Waals surface area contributed by atoms with Gasteiger partial charge in [-0.3, -0.25) is 4.79 Å². The fourth-order valence-electron chi connectivity index (χ4n) is 5.09. The first-order chi connectivity index (χ1) is 18.7. The third-order valence-electron chi connectivity index (χ3n) is 7.07. The second-order valence-electron chi connectivity index (χ2n) is 10.9. The summed E-state index contributed by atoms with van der Waals surface area (Å²) in [6.07, 6.45) is 2.87. The lowest BCUT2D eigenvalue weighted by Crippen LogP contribution is -2.43. The van der Waals surface area contributed by atoms with E-state index in [0.717, 1.165) is 24.7 Å². The van der Waals surface area contributed by atoms with E-state index >= 15 is 0 Å². The van der Waals surface area contributed by atoms with Crippen LogP contribution in [0, 0.1) is 5.92 Å². The van der Waals surface area contributed by atoms with E-state index in [-0.39, 0.29) is 41.3 Å². The maximum Gasteiger partial charge on any atom is 0.306 e. The molecule has 0 bridgehead atoms. The zero-order chi connectivity index (χ0) is 29.3. The number of fused-ring (bicyclic) bond motifs is 1. The number of hydrogen-bond donors (Lipinski definition) is 1. The Kier molecular flexibility index (Phi) is 8.36. The van der Waals surface area contributed by atoms with Crippen LogP contribution in [-0.2, 0) is 36.1 Å². The lowest BCUT2D eigenvalue weighted by atomic mass is 9.80. The van der Waals surface area contributed by atoms with E-state index in [4.69, 9.17) is 19.4 Å². The molecule has 2 aliphatic rings. The van der Waals surface area contributed by atoms with Gasteiger partial charge in [-0.05, 0) is 47.6 Å². The molecule has 0 saturated carbocycles. The van der Waals surface area contributed by atoms with E-state index in [1.54, 1.807) is 36.4 Å². The molecular weight excluding hydrogens is 558 g/mol. The molecule has 40 heavy (non-hydrogen) atoms. The number of ether oxygens (including phenoxy) is 2. The summed E-state index contributed by atoms with van der Waals surface area (Å²) in [7, 11) is -5.98. The molecular formula is C27H35N3O8S2. The Balaban J connectivity index is 1.42. The second kappa shape index (κ2) is 11.3. The van der Waals surface area contributed by atoms with Gasteiger partial charge < -0.3 is 24.3 Å². The third kappa shape index (κ3) is 7.05. The van der Waals surface area contributed by atoms with Crippen LogP contribution in [0.5, 0.6) is 17.2 Å². The Labute approximate surface area is 235 Å². The fourth-order valence-corrected chi connectivity index (χ4v) is 6.63. The Hall–Kier alpha value is -3.32. The van der Waals surface area contributed by atoms with E-state index in [9.17, 15) is 21.6 Å². The molecule has 1 amide bonds. The minimum atomic E-state index is -3.76. The summed E-state index contributed by atoms with van der Waals surface area (Å²) in [6.45, 7) is 5.34. The molecule has 2 aliphatic heterocycles. The van der Waals surface area contributed by atoms with Gasteiger partial charge in [0, 0.05) is 25.4 Å². The zero-order valence-electron chi connectivity index (χ0n) is 23.0. The van der Waals surface area contributed by atoms with Crippen LogP contribution in [0.1, 0.15) is 49.8 Å². The summed E-state index contributed by atoms with van der Waals surface area (Å²) in [4.78, 5) is 15.2. The van der Waals surface area contributed by atoms with Crippen molar-refractivity contribution in [1.82, 2.24) is 4.90 Å². The molecule has 1 saturated heterocycles. The number of hydrogen-bond acceptors (Lipinski definition) is 9.